The van der Waals surface area contributed by atoms with E-state index in [1.165, 1.54) is 0 Å². The number of aromatic nitrogens is 5. The van der Waals surface area contributed by atoms with Crippen LogP contribution in [0.5, 0.6) is 0 Å². The minimum atomic E-state index is -0.174. The van der Waals surface area contributed by atoms with Gasteiger partial charge >= 0.3 is 0 Å². The Hall–Kier alpha value is -2.21. The Morgan fingerprint density at radius 1 is 1.38 bits per heavy atom. The first-order chi connectivity index (χ1) is 10.1. The minimum Gasteiger partial charge on any atom is -0.334 e. The van der Waals surface area contributed by atoms with E-state index in [1.54, 1.807) is 10.9 Å². The van der Waals surface area contributed by atoms with Crippen molar-refractivity contribution in [3.63, 3.8) is 0 Å². The summed E-state index contributed by atoms with van der Waals surface area (Å²) in [6.45, 7) is 4.26. The van der Waals surface area contributed by atoms with Crippen LogP contribution in [-0.4, -0.2) is 25.1 Å². The maximum absolute atomic E-state index is 5.95. The van der Waals surface area contributed by atoms with Crippen LogP contribution in [0.25, 0.3) is 11.5 Å². The highest BCUT2D eigenvalue weighted by molar-refractivity contribution is 6.20. The largest absolute Gasteiger partial charge is 0.334 e. The van der Waals surface area contributed by atoms with Crippen molar-refractivity contribution < 1.29 is 4.52 Å². The molecule has 0 aliphatic rings. The summed E-state index contributed by atoms with van der Waals surface area (Å²) in [6, 6.07) is 7.91. The number of alkyl halides is 1. The Labute approximate surface area is 126 Å². The van der Waals surface area contributed by atoms with E-state index in [0.29, 0.717) is 18.3 Å². The van der Waals surface area contributed by atoms with Crippen molar-refractivity contribution in [2.24, 2.45) is 0 Å². The summed E-state index contributed by atoms with van der Waals surface area (Å²) in [4.78, 5) is 4.37. The van der Waals surface area contributed by atoms with Crippen LogP contribution in [0, 0.1) is 6.92 Å². The van der Waals surface area contributed by atoms with Gasteiger partial charge in [-0.25, -0.2) is 4.68 Å². The van der Waals surface area contributed by atoms with Crippen LogP contribution in [-0.2, 0) is 6.54 Å². The monoisotopic (exact) mass is 303 g/mol. The molecule has 0 N–H and O–H groups in total. The van der Waals surface area contributed by atoms with Gasteiger partial charge in [-0.15, -0.1) is 16.7 Å². The molecule has 0 saturated heterocycles. The van der Waals surface area contributed by atoms with Crippen molar-refractivity contribution in [3.8, 4) is 11.5 Å². The fraction of sp³-hybridized carbons (Fsp3) is 0.286. The van der Waals surface area contributed by atoms with E-state index in [1.807, 2.05) is 38.1 Å². The summed E-state index contributed by atoms with van der Waals surface area (Å²) in [5.74, 6) is 1.05. The van der Waals surface area contributed by atoms with Gasteiger partial charge in [-0.3, -0.25) is 0 Å². The quantitative estimate of drug-likeness (QED) is 0.693. The normalized spacial score (nSPS) is 12.5. The fourth-order valence-electron chi connectivity index (χ4n) is 1.93. The van der Waals surface area contributed by atoms with Gasteiger partial charge in [0.15, 0.2) is 5.82 Å². The highest BCUT2D eigenvalue weighted by atomic mass is 35.5. The molecule has 21 heavy (non-hydrogen) atoms. The first-order valence-corrected chi connectivity index (χ1v) is 6.99. The van der Waals surface area contributed by atoms with Crippen LogP contribution in [0.3, 0.4) is 0 Å². The third-order valence-corrected chi connectivity index (χ3v) is 3.22. The van der Waals surface area contributed by atoms with Crippen LogP contribution in [0.4, 0.5) is 0 Å². The molecule has 6 nitrogen and oxygen atoms in total. The first-order valence-electron chi connectivity index (χ1n) is 6.55. The van der Waals surface area contributed by atoms with E-state index in [9.17, 15) is 0 Å². The number of nitrogens with zero attached hydrogens (tertiary/aromatic N) is 5. The second-order valence-electron chi connectivity index (χ2n) is 4.84. The molecule has 108 valence electrons. The van der Waals surface area contributed by atoms with Gasteiger partial charge in [0.2, 0.25) is 0 Å². The lowest BCUT2D eigenvalue weighted by Crippen LogP contribution is -2.02. The Kier molecular flexibility index (Phi) is 3.70. The number of aryl methyl sites for hydroxylation is 1. The summed E-state index contributed by atoms with van der Waals surface area (Å²) in [5, 5.41) is 11.8. The molecule has 2 aromatic heterocycles. The van der Waals surface area contributed by atoms with E-state index < -0.39 is 0 Å². The maximum Gasteiger partial charge on any atom is 0.257 e. The van der Waals surface area contributed by atoms with E-state index in [0.717, 1.165) is 16.8 Å². The zero-order valence-corrected chi connectivity index (χ0v) is 12.4. The van der Waals surface area contributed by atoms with Gasteiger partial charge in [0, 0.05) is 5.56 Å². The van der Waals surface area contributed by atoms with E-state index in [-0.39, 0.29) is 5.38 Å². The second-order valence-corrected chi connectivity index (χ2v) is 5.50. The summed E-state index contributed by atoms with van der Waals surface area (Å²) in [7, 11) is 0. The number of hydrogen-bond donors (Lipinski definition) is 0. The SMILES string of the molecule is Cc1cccc(-c2nc(Cn3cc(C(C)Cl)nn3)no2)c1. The van der Waals surface area contributed by atoms with Crippen LogP contribution in [0.15, 0.2) is 35.0 Å². The molecule has 1 aromatic carbocycles. The molecule has 0 aliphatic heterocycles. The molecule has 1 atom stereocenters. The van der Waals surface area contributed by atoms with Crippen molar-refractivity contribution in [1.82, 2.24) is 25.1 Å². The van der Waals surface area contributed by atoms with Crippen LogP contribution < -0.4 is 0 Å². The Morgan fingerprint density at radius 3 is 2.95 bits per heavy atom. The number of rotatable bonds is 4. The van der Waals surface area contributed by atoms with Crippen LogP contribution >= 0.6 is 11.6 Å². The zero-order chi connectivity index (χ0) is 14.8. The molecule has 0 fully saturated rings. The topological polar surface area (TPSA) is 69.6 Å². The van der Waals surface area contributed by atoms with Crippen molar-refractivity contribution in [3.05, 3.63) is 47.5 Å². The van der Waals surface area contributed by atoms with Crippen molar-refractivity contribution in [1.29, 1.82) is 0 Å². The lowest BCUT2D eigenvalue weighted by Gasteiger charge is -1.95. The lowest BCUT2D eigenvalue weighted by molar-refractivity contribution is 0.418. The average molecular weight is 304 g/mol. The molecule has 2 heterocycles. The molecule has 0 amide bonds. The molecular formula is C14H14ClN5O. The smallest absolute Gasteiger partial charge is 0.257 e. The molecule has 1 unspecified atom stereocenters. The summed E-state index contributed by atoms with van der Waals surface area (Å²) in [5.41, 5.74) is 2.77. The standard InChI is InChI=1S/C14H14ClN5O/c1-9-4-3-5-11(6-9)14-16-13(18-21-14)8-20-7-12(10(2)15)17-19-20/h3-7,10H,8H2,1-2H3. The third kappa shape index (κ3) is 3.11. The Balaban J connectivity index is 1.78. The summed E-state index contributed by atoms with van der Waals surface area (Å²) < 4.78 is 6.92. The minimum absolute atomic E-state index is 0.174. The van der Waals surface area contributed by atoms with Gasteiger partial charge in [0.1, 0.15) is 12.2 Å². The molecular weight excluding hydrogens is 290 g/mol. The maximum atomic E-state index is 5.95. The first kappa shape index (κ1) is 13.8. The van der Waals surface area contributed by atoms with Gasteiger partial charge in [-0.2, -0.15) is 4.98 Å². The lowest BCUT2D eigenvalue weighted by atomic mass is 10.1. The second kappa shape index (κ2) is 5.65. The van der Waals surface area contributed by atoms with Crippen molar-refractivity contribution in [2.75, 3.05) is 0 Å². The average Bonchev–Trinajstić information content (AvgIpc) is 3.08. The summed E-state index contributed by atoms with van der Waals surface area (Å²) >= 11 is 5.95. The van der Waals surface area contributed by atoms with Gasteiger partial charge in [-0.1, -0.05) is 28.1 Å². The van der Waals surface area contributed by atoms with Gasteiger partial charge < -0.3 is 4.52 Å². The number of benzene rings is 1. The molecule has 0 bridgehead atoms. The number of halogens is 1. The summed E-state index contributed by atoms with van der Waals surface area (Å²) in [6.07, 6.45) is 1.78. The van der Waals surface area contributed by atoms with Crippen LogP contribution in [0.1, 0.15) is 29.4 Å². The zero-order valence-electron chi connectivity index (χ0n) is 11.7. The van der Waals surface area contributed by atoms with E-state index in [4.69, 9.17) is 16.1 Å². The fourth-order valence-corrected chi connectivity index (χ4v) is 2.03. The van der Waals surface area contributed by atoms with Crippen molar-refractivity contribution in [2.45, 2.75) is 25.8 Å². The molecule has 0 spiro atoms. The van der Waals surface area contributed by atoms with Gasteiger partial charge in [-0.05, 0) is 26.0 Å². The number of hydrogen-bond acceptors (Lipinski definition) is 5. The highest BCUT2D eigenvalue weighted by Crippen LogP contribution is 2.19. The predicted molar refractivity (Wildman–Crippen MR) is 77.9 cm³/mol. The van der Waals surface area contributed by atoms with Crippen molar-refractivity contribution >= 4 is 11.6 Å². The molecule has 7 heteroatoms. The Morgan fingerprint density at radius 2 is 2.24 bits per heavy atom. The molecule has 3 rings (SSSR count). The third-order valence-electron chi connectivity index (χ3n) is 3.00. The Bertz CT molecular complexity index is 749. The van der Waals surface area contributed by atoms with Crippen LogP contribution in [0.2, 0.25) is 0 Å². The molecule has 0 radical (unpaired) electrons. The molecule has 0 saturated carbocycles. The highest BCUT2D eigenvalue weighted by Gasteiger charge is 2.11. The molecule has 3 aromatic rings. The van der Waals surface area contributed by atoms with E-state index in [2.05, 4.69) is 20.5 Å². The van der Waals surface area contributed by atoms with E-state index >= 15 is 0 Å². The predicted octanol–water partition coefficient (Wildman–Crippen LogP) is 2.98. The van der Waals surface area contributed by atoms with Gasteiger partial charge in [0.05, 0.1) is 11.6 Å². The van der Waals surface area contributed by atoms with Gasteiger partial charge in [0.25, 0.3) is 5.89 Å². The molecule has 0 aliphatic carbocycles.